The number of ether oxygens (including phenoxy) is 1. The average Bonchev–Trinajstić information content (AvgIpc) is 2.79. The number of hydrogen-bond donors (Lipinski definition) is 0. The number of esters is 1. The molecule has 0 spiro atoms. The van der Waals surface area contributed by atoms with Crippen molar-refractivity contribution in [1.82, 2.24) is 0 Å². The molecule has 0 bridgehead atoms. The van der Waals surface area contributed by atoms with Gasteiger partial charge in [0.15, 0.2) is 0 Å². The third-order valence-electron chi connectivity index (χ3n) is 6.55. The number of carbonyl (C=O) groups excluding carboxylic acids is 1. The Bertz CT molecular complexity index is 372. The molecule has 5 unspecified atom stereocenters. The molecule has 0 saturated heterocycles. The van der Waals surface area contributed by atoms with E-state index >= 15 is 0 Å². The molecule has 0 amide bonds. The minimum atomic E-state index is -0.318. The van der Waals surface area contributed by atoms with Gasteiger partial charge in [0, 0.05) is 0 Å². The molecule has 2 heteroatoms. The summed E-state index contributed by atoms with van der Waals surface area (Å²) in [5.41, 5.74) is -0.318. The fourth-order valence-corrected chi connectivity index (χ4v) is 5.01. The first-order valence-electron chi connectivity index (χ1n) is 8.74. The fourth-order valence-electron chi connectivity index (χ4n) is 5.01. The lowest BCUT2D eigenvalue weighted by atomic mass is 9.65. The molecule has 3 aliphatic carbocycles. The summed E-state index contributed by atoms with van der Waals surface area (Å²) in [4.78, 5) is 12.4. The highest BCUT2D eigenvalue weighted by Gasteiger charge is 2.51. The Morgan fingerprint density at radius 1 is 1.10 bits per heavy atom. The van der Waals surface area contributed by atoms with Crippen LogP contribution in [0.2, 0.25) is 0 Å². The molecule has 3 rings (SSSR count). The van der Waals surface area contributed by atoms with Crippen molar-refractivity contribution < 1.29 is 9.53 Å². The monoisotopic (exact) mass is 278 g/mol. The third-order valence-corrected chi connectivity index (χ3v) is 6.55. The van der Waals surface area contributed by atoms with Gasteiger partial charge in [-0.15, -0.1) is 0 Å². The smallest absolute Gasteiger partial charge is 0.311 e. The van der Waals surface area contributed by atoms with E-state index in [1.165, 1.54) is 38.5 Å². The number of rotatable bonds is 3. The topological polar surface area (TPSA) is 26.3 Å². The minimum Gasteiger partial charge on any atom is -0.462 e. The Balaban J connectivity index is 1.71. The van der Waals surface area contributed by atoms with Crippen LogP contribution >= 0.6 is 0 Å². The highest BCUT2D eigenvalue weighted by Crippen LogP contribution is 2.55. The second-order valence-electron chi connectivity index (χ2n) is 8.04. The lowest BCUT2D eigenvalue weighted by Gasteiger charge is -2.41. The van der Waals surface area contributed by atoms with Crippen LogP contribution < -0.4 is 0 Å². The zero-order valence-electron chi connectivity index (χ0n) is 13.4. The highest BCUT2D eigenvalue weighted by molar-refractivity contribution is 5.76. The fraction of sp³-hybridized carbons (Fsp3) is 0.944. The molecule has 5 atom stereocenters. The lowest BCUT2D eigenvalue weighted by molar-refractivity contribution is -0.162. The molecule has 3 fully saturated rings. The predicted octanol–water partition coefficient (Wildman–Crippen LogP) is 4.57. The highest BCUT2D eigenvalue weighted by atomic mass is 16.5. The van der Waals surface area contributed by atoms with Crippen molar-refractivity contribution in [2.75, 3.05) is 0 Å². The van der Waals surface area contributed by atoms with Gasteiger partial charge in [0.1, 0.15) is 6.10 Å². The van der Waals surface area contributed by atoms with E-state index < -0.39 is 0 Å². The van der Waals surface area contributed by atoms with Crippen LogP contribution in [0.25, 0.3) is 0 Å². The Labute approximate surface area is 123 Å². The Morgan fingerprint density at radius 2 is 1.75 bits per heavy atom. The summed E-state index contributed by atoms with van der Waals surface area (Å²) in [6, 6.07) is 0. The SMILES string of the molecule is CCC(C)(C)C(=O)OC1CC2CCCC3CCCC1C32. The Kier molecular flexibility index (Phi) is 3.85. The first-order valence-corrected chi connectivity index (χ1v) is 8.74. The molecule has 0 aromatic rings. The van der Waals surface area contributed by atoms with E-state index in [1.807, 2.05) is 13.8 Å². The molecule has 2 nitrogen and oxygen atoms in total. The average molecular weight is 278 g/mol. The largest absolute Gasteiger partial charge is 0.462 e. The lowest BCUT2D eigenvalue weighted by Crippen LogP contribution is -2.36. The van der Waals surface area contributed by atoms with Crippen LogP contribution in [0.5, 0.6) is 0 Å². The Hall–Kier alpha value is -0.530. The molecule has 20 heavy (non-hydrogen) atoms. The van der Waals surface area contributed by atoms with E-state index in [1.54, 1.807) is 0 Å². The summed E-state index contributed by atoms with van der Waals surface area (Å²) >= 11 is 0. The van der Waals surface area contributed by atoms with Crippen LogP contribution in [-0.4, -0.2) is 12.1 Å². The first kappa shape index (κ1) is 14.4. The summed E-state index contributed by atoms with van der Waals surface area (Å²) in [6.45, 7) is 6.11. The van der Waals surface area contributed by atoms with Crippen molar-refractivity contribution in [3.63, 3.8) is 0 Å². The van der Waals surface area contributed by atoms with Crippen LogP contribution in [0.1, 0.15) is 72.1 Å². The van der Waals surface area contributed by atoms with Gasteiger partial charge in [-0.05, 0) is 56.8 Å². The number of carbonyl (C=O) groups is 1. The normalized spacial score (nSPS) is 40.2. The van der Waals surface area contributed by atoms with Gasteiger partial charge >= 0.3 is 5.97 Å². The van der Waals surface area contributed by atoms with E-state index in [4.69, 9.17) is 4.74 Å². The molecular weight excluding hydrogens is 248 g/mol. The van der Waals surface area contributed by atoms with Gasteiger partial charge in [0.05, 0.1) is 5.41 Å². The van der Waals surface area contributed by atoms with E-state index in [-0.39, 0.29) is 17.5 Å². The third kappa shape index (κ3) is 2.40. The summed E-state index contributed by atoms with van der Waals surface area (Å²) < 4.78 is 6.01. The molecular formula is C18H30O2. The summed E-state index contributed by atoms with van der Waals surface area (Å²) in [5.74, 6) is 3.37. The van der Waals surface area contributed by atoms with Crippen molar-refractivity contribution >= 4 is 5.97 Å². The van der Waals surface area contributed by atoms with E-state index in [2.05, 4.69) is 6.92 Å². The van der Waals surface area contributed by atoms with Gasteiger partial charge < -0.3 is 4.74 Å². The maximum absolute atomic E-state index is 12.4. The van der Waals surface area contributed by atoms with Crippen molar-refractivity contribution in [3.05, 3.63) is 0 Å². The molecule has 0 aromatic carbocycles. The van der Waals surface area contributed by atoms with Crippen molar-refractivity contribution in [3.8, 4) is 0 Å². The minimum absolute atomic E-state index is 0.0331. The zero-order valence-corrected chi connectivity index (χ0v) is 13.4. The zero-order chi connectivity index (χ0) is 14.3. The van der Waals surface area contributed by atoms with E-state index in [0.29, 0.717) is 5.92 Å². The molecule has 114 valence electrons. The maximum Gasteiger partial charge on any atom is 0.311 e. The molecule has 3 saturated carbocycles. The summed E-state index contributed by atoms with van der Waals surface area (Å²) in [7, 11) is 0. The summed E-state index contributed by atoms with van der Waals surface area (Å²) in [5, 5.41) is 0. The second kappa shape index (κ2) is 5.35. The number of hydrogen-bond acceptors (Lipinski definition) is 2. The summed E-state index contributed by atoms with van der Waals surface area (Å²) in [6.07, 6.45) is 10.5. The molecule has 0 aliphatic heterocycles. The van der Waals surface area contributed by atoms with Crippen molar-refractivity contribution in [2.45, 2.75) is 78.2 Å². The first-order chi connectivity index (χ1) is 9.53. The quantitative estimate of drug-likeness (QED) is 0.707. The predicted molar refractivity (Wildman–Crippen MR) is 80.2 cm³/mol. The van der Waals surface area contributed by atoms with Gasteiger partial charge in [-0.2, -0.15) is 0 Å². The van der Waals surface area contributed by atoms with Crippen molar-refractivity contribution in [2.24, 2.45) is 29.1 Å². The Morgan fingerprint density at radius 3 is 2.45 bits per heavy atom. The van der Waals surface area contributed by atoms with E-state index in [0.717, 1.165) is 30.6 Å². The van der Waals surface area contributed by atoms with Crippen LogP contribution in [0.15, 0.2) is 0 Å². The van der Waals surface area contributed by atoms with Crippen LogP contribution in [0.4, 0.5) is 0 Å². The van der Waals surface area contributed by atoms with Gasteiger partial charge in [0.2, 0.25) is 0 Å². The van der Waals surface area contributed by atoms with Gasteiger partial charge in [0.25, 0.3) is 0 Å². The molecule has 3 aliphatic rings. The van der Waals surface area contributed by atoms with Crippen LogP contribution in [-0.2, 0) is 9.53 Å². The molecule has 0 N–H and O–H groups in total. The maximum atomic E-state index is 12.4. The van der Waals surface area contributed by atoms with Crippen LogP contribution in [0.3, 0.4) is 0 Å². The van der Waals surface area contributed by atoms with E-state index in [9.17, 15) is 4.79 Å². The van der Waals surface area contributed by atoms with Gasteiger partial charge in [-0.3, -0.25) is 4.79 Å². The molecule has 0 aromatic heterocycles. The van der Waals surface area contributed by atoms with Crippen molar-refractivity contribution in [1.29, 1.82) is 0 Å². The van der Waals surface area contributed by atoms with Gasteiger partial charge in [-0.25, -0.2) is 0 Å². The molecule has 0 heterocycles. The van der Waals surface area contributed by atoms with Gasteiger partial charge in [-0.1, -0.05) is 39.0 Å². The molecule has 0 radical (unpaired) electrons. The standard InChI is InChI=1S/C18H30O2/c1-4-18(2,3)17(19)20-15-11-13-9-5-7-12-8-6-10-14(15)16(12)13/h12-16H,4-11H2,1-3H3. The van der Waals surface area contributed by atoms with Crippen LogP contribution in [0, 0.1) is 29.1 Å². The second-order valence-corrected chi connectivity index (χ2v) is 8.04.